The number of hydrogen-bond acceptors (Lipinski definition) is 2. The van der Waals surface area contributed by atoms with Crippen molar-refractivity contribution in [2.75, 3.05) is 26.0 Å². The van der Waals surface area contributed by atoms with Gasteiger partial charge in [0, 0.05) is 31.9 Å². The second-order valence-electron chi connectivity index (χ2n) is 6.02. The molecule has 5 heteroatoms. The van der Waals surface area contributed by atoms with Gasteiger partial charge in [0.2, 0.25) is 0 Å². The zero-order valence-corrected chi connectivity index (χ0v) is 14.7. The second kappa shape index (κ2) is 8.67. The average molecular weight is 331 g/mol. The van der Waals surface area contributed by atoms with Gasteiger partial charge in [-0.25, -0.2) is 0 Å². The number of nitrogens with one attached hydrogen (secondary N) is 2. The number of thiocarbonyl (C=S) groups is 1. The quantitative estimate of drug-likeness (QED) is 0.639. The maximum atomic E-state index is 11.8. The van der Waals surface area contributed by atoms with E-state index in [4.69, 9.17) is 12.2 Å². The number of benzene rings is 1. The third-order valence-electron chi connectivity index (χ3n) is 3.91. The van der Waals surface area contributed by atoms with E-state index in [1.54, 1.807) is 31.1 Å². The molecule has 1 aliphatic carbocycles. The maximum absolute atomic E-state index is 11.8. The summed E-state index contributed by atoms with van der Waals surface area (Å²) in [7, 11) is 3.49. The summed E-state index contributed by atoms with van der Waals surface area (Å²) < 4.78 is 0. The number of hydrogen-bond donors (Lipinski definition) is 2. The molecule has 0 unspecified atom stereocenters. The zero-order chi connectivity index (χ0) is 16.7. The normalized spacial score (nSPS) is 13.9. The number of allylic oxidation sites excluding steroid dienone is 1. The first-order valence-electron chi connectivity index (χ1n) is 8.11. The van der Waals surface area contributed by atoms with Crippen molar-refractivity contribution in [1.29, 1.82) is 0 Å². The Morgan fingerprint density at radius 3 is 2.57 bits per heavy atom. The van der Waals surface area contributed by atoms with Crippen molar-refractivity contribution in [1.82, 2.24) is 10.2 Å². The summed E-state index contributed by atoms with van der Waals surface area (Å²) in [5.41, 5.74) is 3.09. The molecule has 1 aromatic carbocycles. The van der Waals surface area contributed by atoms with Crippen molar-refractivity contribution >= 4 is 28.9 Å². The minimum atomic E-state index is -0.00184. The summed E-state index contributed by atoms with van der Waals surface area (Å²) in [6.45, 7) is 0.856. The predicted molar refractivity (Wildman–Crippen MR) is 99.9 cm³/mol. The van der Waals surface area contributed by atoms with Gasteiger partial charge in [0.05, 0.1) is 0 Å². The van der Waals surface area contributed by atoms with E-state index in [1.165, 1.54) is 31.3 Å². The molecule has 0 spiro atoms. The molecule has 0 heterocycles. The second-order valence-corrected chi connectivity index (χ2v) is 6.42. The molecule has 0 radical (unpaired) electrons. The van der Waals surface area contributed by atoms with Crippen LogP contribution in [0.4, 0.5) is 5.69 Å². The van der Waals surface area contributed by atoms with Crippen LogP contribution >= 0.6 is 12.2 Å². The summed E-state index contributed by atoms with van der Waals surface area (Å²) in [5, 5.41) is 7.01. The number of carbonyl (C=O) groups is 1. The highest BCUT2D eigenvalue weighted by atomic mass is 32.1. The Hall–Kier alpha value is -1.88. The van der Waals surface area contributed by atoms with Crippen molar-refractivity contribution in [2.45, 2.75) is 32.1 Å². The fraction of sp³-hybridized carbons (Fsp3) is 0.444. The molecule has 0 saturated heterocycles. The minimum absolute atomic E-state index is 0.00184. The molecule has 2 N–H and O–H groups in total. The Morgan fingerprint density at radius 2 is 1.96 bits per heavy atom. The Kier molecular flexibility index (Phi) is 6.59. The van der Waals surface area contributed by atoms with E-state index in [9.17, 15) is 4.79 Å². The lowest BCUT2D eigenvalue weighted by molar-refractivity contribution is 0.0827. The van der Waals surface area contributed by atoms with Crippen molar-refractivity contribution in [2.24, 2.45) is 0 Å². The molecule has 0 atom stereocenters. The molecular formula is C18H25N3OS. The fourth-order valence-corrected chi connectivity index (χ4v) is 2.82. The minimum Gasteiger partial charge on any atom is -0.362 e. The Morgan fingerprint density at radius 1 is 1.22 bits per heavy atom. The molecule has 0 fully saturated rings. The van der Waals surface area contributed by atoms with E-state index in [-0.39, 0.29) is 5.91 Å². The number of carbonyl (C=O) groups excluding carboxylic acids is 1. The van der Waals surface area contributed by atoms with E-state index >= 15 is 0 Å². The largest absolute Gasteiger partial charge is 0.362 e. The first-order chi connectivity index (χ1) is 11.1. The van der Waals surface area contributed by atoms with Gasteiger partial charge in [0.1, 0.15) is 0 Å². The van der Waals surface area contributed by atoms with Crippen LogP contribution in [0.1, 0.15) is 42.5 Å². The van der Waals surface area contributed by atoms with Crippen molar-refractivity contribution in [3.8, 4) is 0 Å². The van der Waals surface area contributed by atoms with E-state index in [1.807, 2.05) is 12.1 Å². The molecule has 1 aliphatic rings. The SMILES string of the molecule is CN(C)C(=O)c1ccc(NC(=S)NCCC2=CCCCC2)cc1. The molecule has 0 aliphatic heterocycles. The van der Waals surface area contributed by atoms with E-state index in [0.717, 1.165) is 18.7 Å². The van der Waals surface area contributed by atoms with Crippen LogP contribution in [-0.2, 0) is 0 Å². The molecule has 1 amide bonds. The van der Waals surface area contributed by atoms with Crippen LogP contribution in [0.15, 0.2) is 35.9 Å². The number of nitrogens with zero attached hydrogens (tertiary/aromatic N) is 1. The van der Waals surface area contributed by atoms with Crippen LogP contribution in [0, 0.1) is 0 Å². The number of amides is 1. The highest BCUT2D eigenvalue weighted by molar-refractivity contribution is 7.80. The van der Waals surface area contributed by atoms with Gasteiger partial charge in [-0.15, -0.1) is 0 Å². The lowest BCUT2D eigenvalue weighted by atomic mass is 9.97. The van der Waals surface area contributed by atoms with Crippen LogP contribution in [0.3, 0.4) is 0 Å². The molecule has 0 saturated carbocycles. The summed E-state index contributed by atoms with van der Waals surface area (Å²) in [6, 6.07) is 7.35. The molecular weight excluding hydrogens is 306 g/mol. The first kappa shape index (κ1) is 17.5. The predicted octanol–water partition coefficient (Wildman–Crippen LogP) is 3.57. The van der Waals surface area contributed by atoms with Gasteiger partial charge in [0.25, 0.3) is 5.91 Å². The van der Waals surface area contributed by atoms with Gasteiger partial charge in [-0.2, -0.15) is 0 Å². The van der Waals surface area contributed by atoms with Gasteiger partial charge in [-0.05, 0) is 68.6 Å². The highest BCUT2D eigenvalue weighted by Gasteiger charge is 2.07. The van der Waals surface area contributed by atoms with Crippen LogP contribution in [0.25, 0.3) is 0 Å². The Balaban J connectivity index is 1.76. The van der Waals surface area contributed by atoms with Crippen LogP contribution < -0.4 is 10.6 Å². The highest BCUT2D eigenvalue weighted by Crippen LogP contribution is 2.19. The zero-order valence-electron chi connectivity index (χ0n) is 13.9. The summed E-state index contributed by atoms with van der Waals surface area (Å²) >= 11 is 5.31. The van der Waals surface area contributed by atoms with Gasteiger partial charge < -0.3 is 15.5 Å². The van der Waals surface area contributed by atoms with E-state index < -0.39 is 0 Å². The Labute approximate surface area is 143 Å². The molecule has 4 nitrogen and oxygen atoms in total. The lowest BCUT2D eigenvalue weighted by Crippen LogP contribution is -2.29. The average Bonchev–Trinajstić information content (AvgIpc) is 2.56. The monoisotopic (exact) mass is 331 g/mol. The molecule has 0 bridgehead atoms. The van der Waals surface area contributed by atoms with Crippen LogP contribution in [-0.4, -0.2) is 36.6 Å². The lowest BCUT2D eigenvalue weighted by Gasteiger charge is -2.15. The smallest absolute Gasteiger partial charge is 0.253 e. The van der Waals surface area contributed by atoms with Crippen molar-refractivity contribution in [3.05, 3.63) is 41.5 Å². The molecule has 23 heavy (non-hydrogen) atoms. The molecule has 2 rings (SSSR count). The number of anilines is 1. The molecule has 0 aromatic heterocycles. The van der Waals surface area contributed by atoms with Crippen LogP contribution in [0.2, 0.25) is 0 Å². The topological polar surface area (TPSA) is 44.4 Å². The summed E-state index contributed by atoms with van der Waals surface area (Å²) in [5.74, 6) is -0.00184. The van der Waals surface area contributed by atoms with Crippen molar-refractivity contribution in [3.63, 3.8) is 0 Å². The molecule has 1 aromatic rings. The Bertz CT molecular complexity index is 578. The van der Waals surface area contributed by atoms with Crippen molar-refractivity contribution < 1.29 is 4.79 Å². The van der Waals surface area contributed by atoms with Gasteiger partial charge in [-0.1, -0.05) is 11.6 Å². The van der Waals surface area contributed by atoms with E-state index in [0.29, 0.717) is 10.7 Å². The van der Waals surface area contributed by atoms with Gasteiger partial charge in [0.15, 0.2) is 5.11 Å². The maximum Gasteiger partial charge on any atom is 0.253 e. The molecule has 124 valence electrons. The fourth-order valence-electron chi connectivity index (χ4n) is 2.60. The summed E-state index contributed by atoms with van der Waals surface area (Å²) in [4.78, 5) is 13.4. The third kappa shape index (κ3) is 5.67. The van der Waals surface area contributed by atoms with Crippen LogP contribution in [0.5, 0.6) is 0 Å². The van der Waals surface area contributed by atoms with Gasteiger partial charge >= 0.3 is 0 Å². The van der Waals surface area contributed by atoms with Gasteiger partial charge in [-0.3, -0.25) is 4.79 Å². The third-order valence-corrected chi connectivity index (χ3v) is 4.16. The number of rotatable bonds is 5. The summed E-state index contributed by atoms with van der Waals surface area (Å²) in [6.07, 6.45) is 8.50. The van der Waals surface area contributed by atoms with E-state index in [2.05, 4.69) is 16.7 Å². The standard InChI is InChI=1S/C18H25N3OS/c1-21(2)17(22)15-8-10-16(11-9-15)20-18(23)19-13-12-14-6-4-3-5-7-14/h6,8-11H,3-5,7,12-13H2,1-2H3,(H2,19,20,23). The first-order valence-corrected chi connectivity index (χ1v) is 8.51.